The van der Waals surface area contributed by atoms with Gasteiger partial charge in [0.1, 0.15) is 6.54 Å². The average molecular weight is 423 g/mol. The lowest BCUT2D eigenvalue weighted by molar-refractivity contribution is -0.127. The number of nitrogens with zero attached hydrogens (tertiary/aromatic N) is 1. The molecule has 3 N–H and O–H groups in total. The minimum atomic E-state index is -3.83. The van der Waals surface area contributed by atoms with Gasteiger partial charge in [-0.2, -0.15) is 0 Å². The first kappa shape index (κ1) is 19.3. The van der Waals surface area contributed by atoms with E-state index in [4.69, 9.17) is 5.14 Å². The van der Waals surface area contributed by atoms with Crippen LogP contribution in [-0.2, 0) is 19.6 Å². The van der Waals surface area contributed by atoms with Gasteiger partial charge in [-0.1, -0.05) is 6.07 Å². The number of imide groups is 1. The molecule has 8 nitrogen and oxygen atoms in total. The maximum atomic E-state index is 12.3. The Morgan fingerprint density at radius 2 is 1.89 bits per heavy atom. The fourth-order valence-electron chi connectivity index (χ4n) is 2.21. The molecular weight excluding hydrogens is 410 g/mol. The van der Waals surface area contributed by atoms with E-state index in [0.29, 0.717) is 5.69 Å². The Hall–Kier alpha value is -2.47. The van der Waals surface area contributed by atoms with Crippen molar-refractivity contribution in [3.05, 3.63) is 51.6 Å². The second kappa shape index (κ2) is 7.64. The van der Waals surface area contributed by atoms with Gasteiger partial charge in [0.15, 0.2) is 0 Å². The number of carbonyl (C=O) groups excluding carboxylic acids is 3. The minimum Gasteiger partial charge on any atom is -0.325 e. The smallest absolute Gasteiger partial charge is 0.294 e. The van der Waals surface area contributed by atoms with Crippen molar-refractivity contribution in [2.75, 3.05) is 11.9 Å². The predicted octanol–water partition coefficient (Wildman–Crippen LogP) is 2.07. The molecular formula is C16H13N3O5S3. The van der Waals surface area contributed by atoms with E-state index in [1.54, 1.807) is 6.08 Å². The minimum absolute atomic E-state index is 0.0925. The second-order valence-corrected chi connectivity index (χ2v) is 8.93. The molecule has 1 aliphatic rings. The van der Waals surface area contributed by atoms with Crippen LogP contribution in [0, 0.1) is 0 Å². The molecule has 0 radical (unpaired) electrons. The van der Waals surface area contributed by atoms with E-state index in [0.717, 1.165) is 21.5 Å². The van der Waals surface area contributed by atoms with Crippen LogP contribution in [0.5, 0.6) is 0 Å². The van der Waals surface area contributed by atoms with Crippen LogP contribution in [0.25, 0.3) is 6.08 Å². The first-order valence-corrected chi connectivity index (χ1v) is 10.7. The largest absolute Gasteiger partial charge is 0.325 e. The third-order valence-corrected chi connectivity index (χ3v) is 6.11. The van der Waals surface area contributed by atoms with E-state index in [-0.39, 0.29) is 9.80 Å². The fraction of sp³-hybridized carbons (Fsp3) is 0.0625. The molecule has 0 saturated carbocycles. The highest BCUT2D eigenvalue weighted by Gasteiger charge is 2.36. The summed E-state index contributed by atoms with van der Waals surface area (Å²) in [4.78, 5) is 38.4. The Bertz CT molecular complexity index is 1030. The van der Waals surface area contributed by atoms with Crippen molar-refractivity contribution in [3.8, 4) is 0 Å². The molecule has 3 rings (SSSR count). The third-order valence-electron chi connectivity index (χ3n) is 3.46. The number of benzene rings is 1. The molecule has 11 heteroatoms. The molecule has 1 saturated heterocycles. The summed E-state index contributed by atoms with van der Waals surface area (Å²) >= 11 is 2.21. The molecule has 0 aliphatic carbocycles. The average Bonchev–Trinajstić information content (AvgIpc) is 3.19. The molecule has 3 amide bonds. The zero-order valence-corrected chi connectivity index (χ0v) is 16.1. The zero-order valence-electron chi connectivity index (χ0n) is 13.6. The molecule has 1 aromatic carbocycles. The number of anilines is 1. The second-order valence-electron chi connectivity index (χ2n) is 5.40. The van der Waals surface area contributed by atoms with E-state index in [1.165, 1.54) is 35.6 Å². The monoisotopic (exact) mass is 423 g/mol. The lowest BCUT2D eigenvalue weighted by atomic mass is 10.3. The summed E-state index contributed by atoms with van der Waals surface area (Å²) in [6.07, 6.45) is 1.61. The maximum absolute atomic E-state index is 12.3. The number of thiophene rings is 1. The number of carbonyl (C=O) groups is 3. The van der Waals surface area contributed by atoms with E-state index in [9.17, 15) is 22.8 Å². The normalized spacial score (nSPS) is 16.2. The van der Waals surface area contributed by atoms with Gasteiger partial charge in [0.2, 0.25) is 15.9 Å². The molecule has 0 atom stereocenters. The highest BCUT2D eigenvalue weighted by Crippen LogP contribution is 2.32. The topological polar surface area (TPSA) is 127 Å². The van der Waals surface area contributed by atoms with Crippen LogP contribution in [-0.4, -0.2) is 36.9 Å². The highest BCUT2D eigenvalue weighted by molar-refractivity contribution is 8.18. The van der Waals surface area contributed by atoms with Gasteiger partial charge in [0.25, 0.3) is 11.1 Å². The number of nitrogens with one attached hydrogen (secondary N) is 1. The number of thioether (sulfide) groups is 1. The predicted molar refractivity (Wildman–Crippen MR) is 103 cm³/mol. The van der Waals surface area contributed by atoms with Crippen LogP contribution in [0.1, 0.15) is 4.88 Å². The molecule has 27 heavy (non-hydrogen) atoms. The van der Waals surface area contributed by atoms with Crippen LogP contribution in [0.15, 0.2) is 51.6 Å². The van der Waals surface area contributed by atoms with Crippen LogP contribution >= 0.6 is 23.1 Å². The number of primary sulfonamides is 1. The van der Waals surface area contributed by atoms with Crippen molar-refractivity contribution in [1.29, 1.82) is 0 Å². The van der Waals surface area contributed by atoms with Crippen molar-refractivity contribution < 1.29 is 22.8 Å². The molecule has 2 heterocycles. The Morgan fingerprint density at radius 1 is 1.19 bits per heavy atom. The van der Waals surface area contributed by atoms with Gasteiger partial charge in [-0.3, -0.25) is 19.3 Å². The molecule has 0 unspecified atom stereocenters. The van der Waals surface area contributed by atoms with E-state index >= 15 is 0 Å². The summed E-state index contributed by atoms with van der Waals surface area (Å²) in [7, 11) is -3.83. The first-order chi connectivity index (χ1) is 12.7. The van der Waals surface area contributed by atoms with Crippen molar-refractivity contribution >= 4 is 61.9 Å². The van der Waals surface area contributed by atoms with Crippen molar-refractivity contribution in [1.82, 2.24) is 4.90 Å². The lowest BCUT2D eigenvalue weighted by Crippen LogP contribution is -2.36. The third kappa shape index (κ3) is 4.63. The number of hydrogen-bond acceptors (Lipinski definition) is 7. The van der Waals surface area contributed by atoms with Crippen molar-refractivity contribution in [3.63, 3.8) is 0 Å². The Balaban J connectivity index is 1.65. The summed E-state index contributed by atoms with van der Waals surface area (Å²) in [5.74, 6) is -1.11. The standard InChI is InChI=1S/C16H13N3O5S3/c17-27(23,24)12-5-3-10(4-6-12)18-14(20)9-19-15(21)13(26-16(19)22)8-11-2-1-7-25-11/h1-8H,9H2,(H,18,20)(H2,17,23,24)/b13-8-. The van der Waals surface area contributed by atoms with E-state index in [2.05, 4.69) is 5.32 Å². The number of sulfonamides is 1. The summed E-state index contributed by atoms with van der Waals surface area (Å²) in [6, 6.07) is 8.86. The summed E-state index contributed by atoms with van der Waals surface area (Å²) in [6.45, 7) is -0.441. The molecule has 1 fully saturated rings. The molecule has 1 aromatic heterocycles. The van der Waals surface area contributed by atoms with Crippen LogP contribution in [0.2, 0.25) is 0 Å². The molecule has 2 aromatic rings. The first-order valence-electron chi connectivity index (χ1n) is 7.45. The highest BCUT2D eigenvalue weighted by atomic mass is 32.2. The van der Waals surface area contributed by atoms with Gasteiger partial charge in [-0.15, -0.1) is 11.3 Å². The summed E-state index contributed by atoms with van der Waals surface area (Å²) in [5, 5.41) is 8.83. The van der Waals surface area contributed by atoms with Gasteiger partial charge in [-0.25, -0.2) is 13.6 Å². The number of hydrogen-bond donors (Lipinski definition) is 2. The summed E-state index contributed by atoms with van der Waals surface area (Å²) < 4.78 is 22.4. The molecule has 0 spiro atoms. The Labute approximate surface area is 163 Å². The van der Waals surface area contributed by atoms with Gasteiger partial charge in [0, 0.05) is 10.6 Å². The number of amides is 3. The molecule has 140 valence electrons. The maximum Gasteiger partial charge on any atom is 0.294 e. The molecule has 1 aliphatic heterocycles. The van der Waals surface area contributed by atoms with Crippen LogP contribution in [0.3, 0.4) is 0 Å². The van der Waals surface area contributed by atoms with Crippen molar-refractivity contribution in [2.45, 2.75) is 4.90 Å². The zero-order chi connectivity index (χ0) is 19.6. The van der Waals surface area contributed by atoms with Gasteiger partial charge < -0.3 is 5.32 Å². The number of nitrogens with two attached hydrogens (primary N) is 1. The quantitative estimate of drug-likeness (QED) is 0.709. The summed E-state index contributed by atoms with van der Waals surface area (Å²) in [5.41, 5.74) is 0.313. The van der Waals surface area contributed by atoms with Crippen LogP contribution in [0.4, 0.5) is 10.5 Å². The number of rotatable bonds is 5. The van der Waals surface area contributed by atoms with Crippen molar-refractivity contribution in [2.24, 2.45) is 5.14 Å². The fourth-order valence-corrected chi connectivity index (χ4v) is 4.29. The van der Waals surface area contributed by atoms with Gasteiger partial charge in [0.05, 0.1) is 9.80 Å². The SMILES string of the molecule is NS(=O)(=O)c1ccc(NC(=O)CN2C(=O)S/C(=C\c3cccs3)C2=O)cc1. The van der Waals surface area contributed by atoms with Gasteiger partial charge in [-0.05, 0) is 53.5 Å². The van der Waals surface area contributed by atoms with Gasteiger partial charge >= 0.3 is 0 Å². The van der Waals surface area contributed by atoms with E-state index < -0.39 is 33.6 Å². The van der Waals surface area contributed by atoms with E-state index in [1.807, 2.05) is 17.5 Å². The lowest BCUT2D eigenvalue weighted by Gasteiger charge is -2.12. The van der Waals surface area contributed by atoms with Crippen LogP contribution < -0.4 is 10.5 Å². The Morgan fingerprint density at radius 3 is 2.48 bits per heavy atom. The Kier molecular flexibility index (Phi) is 5.46. The molecule has 0 bridgehead atoms.